The lowest BCUT2D eigenvalue weighted by Crippen LogP contribution is -2.33. The van der Waals surface area contributed by atoms with Gasteiger partial charge in [-0.3, -0.25) is 4.98 Å². The van der Waals surface area contributed by atoms with E-state index in [0.717, 1.165) is 6.08 Å². The Bertz CT molecular complexity index is 614. The van der Waals surface area contributed by atoms with Gasteiger partial charge < -0.3 is 0 Å². The third-order valence-corrected chi connectivity index (χ3v) is 4.75. The summed E-state index contributed by atoms with van der Waals surface area (Å²) in [6.07, 6.45) is 6.88. The first-order valence-corrected chi connectivity index (χ1v) is 7.71. The Balaban J connectivity index is 2.61. The van der Waals surface area contributed by atoms with E-state index in [-0.39, 0.29) is 23.7 Å². The molecular weight excluding hydrogens is 280 g/mol. The lowest BCUT2D eigenvalue weighted by Gasteiger charge is -2.41. The highest BCUT2D eigenvalue weighted by atomic mass is 19.1. The molecule has 2 unspecified atom stereocenters. The molecule has 0 aliphatic heterocycles. The molecule has 0 bridgehead atoms. The van der Waals surface area contributed by atoms with Gasteiger partial charge in [-0.15, -0.1) is 0 Å². The van der Waals surface area contributed by atoms with Gasteiger partial charge in [-0.25, -0.2) is 8.78 Å². The van der Waals surface area contributed by atoms with Crippen LogP contribution in [0.25, 0.3) is 5.57 Å². The van der Waals surface area contributed by atoms with Gasteiger partial charge in [0.25, 0.3) is 0 Å². The van der Waals surface area contributed by atoms with Gasteiger partial charge in [0.2, 0.25) is 0 Å². The van der Waals surface area contributed by atoms with Crippen LogP contribution >= 0.6 is 0 Å². The van der Waals surface area contributed by atoms with Crippen molar-refractivity contribution in [2.24, 2.45) is 17.3 Å². The van der Waals surface area contributed by atoms with Crippen LogP contribution in [0.1, 0.15) is 39.8 Å². The van der Waals surface area contributed by atoms with Crippen LogP contribution in [0.4, 0.5) is 8.78 Å². The lowest BCUT2D eigenvalue weighted by molar-refractivity contribution is 0.209. The number of allylic oxidation sites excluding steroid dienone is 6. The molecule has 1 heterocycles. The van der Waals surface area contributed by atoms with E-state index in [9.17, 15) is 8.78 Å². The number of hydrogen-bond acceptors (Lipinski definition) is 1. The van der Waals surface area contributed by atoms with Crippen molar-refractivity contribution in [2.75, 3.05) is 0 Å². The molecule has 0 spiro atoms. The zero-order valence-electron chi connectivity index (χ0n) is 13.6. The Kier molecular flexibility index (Phi) is 4.94. The van der Waals surface area contributed by atoms with Crippen molar-refractivity contribution in [2.45, 2.75) is 34.1 Å². The van der Waals surface area contributed by atoms with E-state index in [4.69, 9.17) is 0 Å². The maximum absolute atomic E-state index is 14.6. The summed E-state index contributed by atoms with van der Waals surface area (Å²) in [5.74, 6) is -0.947. The summed E-state index contributed by atoms with van der Waals surface area (Å²) < 4.78 is 28.5. The van der Waals surface area contributed by atoms with Gasteiger partial charge in [0, 0.05) is 30.2 Å². The molecule has 1 aromatic rings. The largest absolute Gasteiger partial charge is 0.256 e. The third kappa shape index (κ3) is 3.03. The summed E-state index contributed by atoms with van der Waals surface area (Å²) in [6.45, 7) is 8.18. The second-order valence-corrected chi connectivity index (χ2v) is 6.35. The van der Waals surface area contributed by atoms with Crippen LogP contribution in [0.5, 0.6) is 0 Å². The van der Waals surface area contributed by atoms with E-state index >= 15 is 0 Å². The summed E-state index contributed by atoms with van der Waals surface area (Å²) in [7, 11) is 0. The number of aromatic nitrogens is 1. The number of halogens is 2. The zero-order valence-corrected chi connectivity index (χ0v) is 13.6. The fourth-order valence-corrected chi connectivity index (χ4v) is 3.16. The van der Waals surface area contributed by atoms with E-state index in [0.29, 0.717) is 11.3 Å². The van der Waals surface area contributed by atoms with Crippen molar-refractivity contribution in [3.63, 3.8) is 0 Å². The lowest BCUT2D eigenvalue weighted by atomic mass is 9.63. The third-order valence-electron chi connectivity index (χ3n) is 4.75. The first-order valence-electron chi connectivity index (χ1n) is 7.71. The van der Waals surface area contributed by atoms with Crippen molar-refractivity contribution in [3.05, 3.63) is 60.0 Å². The summed E-state index contributed by atoms with van der Waals surface area (Å²) >= 11 is 0. The molecule has 1 aliphatic carbocycles. The molecule has 1 nitrogen and oxygen atoms in total. The van der Waals surface area contributed by atoms with Crippen LogP contribution in [0.2, 0.25) is 0 Å². The van der Waals surface area contributed by atoms with E-state index in [1.165, 1.54) is 0 Å². The summed E-state index contributed by atoms with van der Waals surface area (Å²) in [6, 6.07) is 5.41. The van der Waals surface area contributed by atoms with Crippen molar-refractivity contribution >= 4 is 5.57 Å². The summed E-state index contributed by atoms with van der Waals surface area (Å²) in [5, 5.41) is 0. The molecule has 22 heavy (non-hydrogen) atoms. The van der Waals surface area contributed by atoms with Crippen molar-refractivity contribution in [1.29, 1.82) is 0 Å². The van der Waals surface area contributed by atoms with Gasteiger partial charge in [0.05, 0.1) is 5.69 Å². The molecule has 0 N–H and O–H groups in total. The molecule has 0 fully saturated rings. The smallest absolute Gasteiger partial charge is 0.131 e. The highest BCUT2D eigenvalue weighted by molar-refractivity contribution is 5.71. The van der Waals surface area contributed by atoms with Crippen LogP contribution in [-0.4, -0.2) is 4.98 Å². The van der Waals surface area contributed by atoms with Crippen LogP contribution in [0, 0.1) is 17.3 Å². The molecule has 2 atom stereocenters. The molecule has 118 valence electrons. The van der Waals surface area contributed by atoms with E-state index in [1.54, 1.807) is 18.3 Å². The minimum Gasteiger partial charge on any atom is -0.256 e. The minimum absolute atomic E-state index is 0.207. The molecule has 3 heteroatoms. The van der Waals surface area contributed by atoms with Crippen LogP contribution < -0.4 is 0 Å². The van der Waals surface area contributed by atoms with Crippen molar-refractivity contribution in [1.82, 2.24) is 4.98 Å². The van der Waals surface area contributed by atoms with Crippen LogP contribution in [-0.2, 0) is 0 Å². The van der Waals surface area contributed by atoms with Gasteiger partial charge in [0.1, 0.15) is 11.7 Å². The maximum atomic E-state index is 14.6. The van der Waals surface area contributed by atoms with E-state index in [2.05, 4.69) is 31.8 Å². The average Bonchev–Trinajstić information content (AvgIpc) is 2.47. The standard InChI is InChI=1S/C19H23F2N/c1-5-9-19(4,13(2)3)15-11-14(20)12-16(21)18(15)17-8-6-7-10-22-17/h5-10,12-13,15H,11H2,1-4H3. The first-order chi connectivity index (χ1) is 10.4. The highest BCUT2D eigenvalue weighted by Gasteiger charge is 2.41. The molecule has 1 aliphatic rings. The molecule has 0 saturated heterocycles. The monoisotopic (exact) mass is 303 g/mol. The molecule has 0 radical (unpaired) electrons. The maximum Gasteiger partial charge on any atom is 0.131 e. The molecule has 0 saturated carbocycles. The molecular formula is C19H23F2N. The molecule has 0 amide bonds. The predicted octanol–water partition coefficient (Wildman–Crippen LogP) is 5.87. The van der Waals surface area contributed by atoms with Gasteiger partial charge in [-0.1, -0.05) is 39.0 Å². The normalized spacial score (nSPS) is 22.1. The Morgan fingerprint density at radius 2 is 2.05 bits per heavy atom. The number of pyridine rings is 1. The topological polar surface area (TPSA) is 12.9 Å². The summed E-state index contributed by atoms with van der Waals surface area (Å²) in [4.78, 5) is 4.29. The van der Waals surface area contributed by atoms with E-state index in [1.807, 2.05) is 19.1 Å². The van der Waals surface area contributed by atoms with Gasteiger partial charge in [0.15, 0.2) is 0 Å². The van der Waals surface area contributed by atoms with Crippen molar-refractivity contribution < 1.29 is 8.78 Å². The fraction of sp³-hybridized carbons (Fsp3) is 0.421. The second-order valence-electron chi connectivity index (χ2n) is 6.35. The summed E-state index contributed by atoms with van der Waals surface area (Å²) in [5.41, 5.74) is 0.756. The molecule has 0 aromatic carbocycles. The van der Waals surface area contributed by atoms with Gasteiger partial charge >= 0.3 is 0 Å². The second kappa shape index (κ2) is 6.55. The predicted molar refractivity (Wildman–Crippen MR) is 87.3 cm³/mol. The Morgan fingerprint density at radius 1 is 1.32 bits per heavy atom. The van der Waals surface area contributed by atoms with Gasteiger partial charge in [-0.2, -0.15) is 0 Å². The Hall–Kier alpha value is -1.77. The Morgan fingerprint density at radius 3 is 2.59 bits per heavy atom. The Labute approximate surface area is 131 Å². The molecule has 1 aromatic heterocycles. The molecule has 2 rings (SSSR count). The van der Waals surface area contributed by atoms with Gasteiger partial charge in [-0.05, 0) is 30.4 Å². The quantitative estimate of drug-likeness (QED) is 0.633. The SMILES string of the molecule is CC=CC(C)(C(C)C)C1CC(F)=CC(F)=C1c1ccccn1. The van der Waals surface area contributed by atoms with E-state index < -0.39 is 11.7 Å². The highest BCUT2D eigenvalue weighted by Crippen LogP contribution is 2.50. The van der Waals surface area contributed by atoms with Crippen molar-refractivity contribution in [3.8, 4) is 0 Å². The number of nitrogens with zero attached hydrogens (tertiary/aromatic N) is 1. The first kappa shape index (κ1) is 16.6. The number of hydrogen-bond donors (Lipinski definition) is 0. The zero-order chi connectivity index (χ0) is 16.3. The van der Waals surface area contributed by atoms with Crippen LogP contribution in [0.3, 0.4) is 0 Å². The minimum atomic E-state index is -0.510. The fourth-order valence-electron chi connectivity index (χ4n) is 3.16. The average molecular weight is 303 g/mol. The van der Waals surface area contributed by atoms with Crippen LogP contribution in [0.15, 0.2) is 54.3 Å². The number of rotatable bonds is 4.